The molecule has 3 heterocycles. The molecule has 3 aromatic rings. The molecule has 1 amide bonds. The lowest BCUT2D eigenvalue weighted by atomic mass is 9.90. The molecule has 0 bridgehead atoms. The number of aromatic nitrogens is 2. The van der Waals surface area contributed by atoms with Crippen LogP contribution in [0.5, 0.6) is 0 Å². The Morgan fingerprint density at radius 2 is 1.76 bits per heavy atom. The van der Waals surface area contributed by atoms with E-state index in [-0.39, 0.29) is 5.91 Å². The molecule has 29 heavy (non-hydrogen) atoms. The van der Waals surface area contributed by atoms with Crippen molar-refractivity contribution >= 4 is 11.7 Å². The summed E-state index contributed by atoms with van der Waals surface area (Å²) >= 11 is 0. The van der Waals surface area contributed by atoms with E-state index in [1.807, 2.05) is 24.3 Å². The zero-order chi connectivity index (χ0) is 19.9. The Labute approximate surface area is 171 Å². The first-order chi connectivity index (χ1) is 14.3. The smallest absolute Gasteiger partial charge is 0.251 e. The number of hydrogen-bond acceptors (Lipinski definition) is 4. The number of amides is 1. The largest absolute Gasteiger partial charge is 0.357 e. The third-order valence-corrected chi connectivity index (χ3v) is 5.47. The normalized spacial score (nSPS) is 14.6. The van der Waals surface area contributed by atoms with Gasteiger partial charge in [-0.1, -0.05) is 36.4 Å². The number of carbonyl (C=O) groups is 1. The topological polar surface area (TPSA) is 58.1 Å². The third kappa shape index (κ3) is 5.19. The summed E-state index contributed by atoms with van der Waals surface area (Å²) in [5.41, 5.74) is 2.89. The number of rotatable bonds is 6. The minimum absolute atomic E-state index is 0.0988. The molecule has 1 fully saturated rings. The molecular weight excluding hydrogens is 360 g/mol. The zero-order valence-electron chi connectivity index (χ0n) is 16.5. The van der Waals surface area contributed by atoms with Gasteiger partial charge in [0, 0.05) is 31.0 Å². The average molecular weight is 386 g/mol. The van der Waals surface area contributed by atoms with Crippen molar-refractivity contribution in [2.75, 3.05) is 18.0 Å². The number of hydrogen-bond donors (Lipinski definition) is 1. The Bertz CT molecular complexity index is 922. The van der Waals surface area contributed by atoms with Gasteiger partial charge in [-0.25, -0.2) is 4.98 Å². The second-order valence-electron chi connectivity index (χ2n) is 7.53. The van der Waals surface area contributed by atoms with Crippen molar-refractivity contribution < 1.29 is 4.79 Å². The minimum atomic E-state index is -0.0988. The number of pyridine rings is 2. The van der Waals surface area contributed by atoms with Crippen molar-refractivity contribution in [2.24, 2.45) is 5.92 Å². The summed E-state index contributed by atoms with van der Waals surface area (Å²) < 4.78 is 0. The van der Waals surface area contributed by atoms with Crippen LogP contribution in [0.3, 0.4) is 0 Å². The van der Waals surface area contributed by atoms with Crippen molar-refractivity contribution in [1.29, 1.82) is 0 Å². The van der Waals surface area contributed by atoms with Gasteiger partial charge in [0.25, 0.3) is 5.91 Å². The van der Waals surface area contributed by atoms with Crippen molar-refractivity contribution in [3.05, 3.63) is 89.9 Å². The molecule has 1 aliphatic rings. The van der Waals surface area contributed by atoms with Crippen LogP contribution in [-0.2, 0) is 13.0 Å². The first kappa shape index (κ1) is 19.1. The summed E-state index contributed by atoms with van der Waals surface area (Å²) in [7, 11) is 0. The maximum Gasteiger partial charge on any atom is 0.251 e. The van der Waals surface area contributed by atoms with Gasteiger partial charge < -0.3 is 10.2 Å². The van der Waals surface area contributed by atoms with Crippen molar-refractivity contribution in [2.45, 2.75) is 25.8 Å². The van der Waals surface area contributed by atoms with Gasteiger partial charge in [0.2, 0.25) is 0 Å². The van der Waals surface area contributed by atoms with E-state index in [1.165, 1.54) is 5.56 Å². The summed E-state index contributed by atoms with van der Waals surface area (Å²) in [5.74, 6) is 1.49. The fourth-order valence-corrected chi connectivity index (χ4v) is 3.82. The van der Waals surface area contributed by atoms with Crippen molar-refractivity contribution in [3.8, 4) is 0 Å². The van der Waals surface area contributed by atoms with E-state index in [1.54, 1.807) is 18.5 Å². The van der Waals surface area contributed by atoms with E-state index >= 15 is 0 Å². The molecule has 0 aliphatic carbocycles. The molecule has 1 N–H and O–H groups in total. The van der Waals surface area contributed by atoms with E-state index in [0.717, 1.165) is 43.9 Å². The first-order valence-corrected chi connectivity index (χ1v) is 10.2. The van der Waals surface area contributed by atoms with Crippen LogP contribution in [-0.4, -0.2) is 29.0 Å². The molecule has 0 saturated carbocycles. The predicted molar refractivity (Wildman–Crippen MR) is 115 cm³/mol. The fourth-order valence-electron chi connectivity index (χ4n) is 3.82. The van der Waals surface area contributed by atoms with Crippen LogP contribution in [0.1, 0.15) is 34.5 Å². The monoisotopic (exact) mass is 386 g/mol. The highest BCUT2D eigenvalue weighted by Gasteiger charge is 2.21. The zero-order valence-corrected chi connectivity index (χ0v) is 16.5. The number of carbonyl (C=O) groups excluding carboxylic acids is 1. The van der Waals surface area contributed by atoms with E-state index in [2.05, 4.69) is 50.5 Å². The van der Waals surface area contributed by atoms with Gasteiger partial charge in [-0.05, 0) is 55.0 Å². The predicted octanol–water partition coefficient (Wildman–Crippen LogP) is 3.87. The summed E-state index contributed by atoms with van der Waals surface area (Å²) in [6.07, 6.45) is 6.88. The number of nitrogens with zero attached hydrogens (tertiary/aromatic N) is 3. The lowest BCUT2D eigenvalue weighted by Crippen LogP contribution is -2.35. The molecule has 5 heteroatoms. The molecule has 0 atom stereocenters. The molecule has 1 saturated heterocycles. The highest BCUT2D eigenvalue weighted by atomic mass is 16.1. The molecule has 1 aromatic carbocycles. The molecular formula is C24H26N4O. The van der Waals surface area contributed by atoms with Crippen LogP contribution >= 0.6 is 0 Å². The summed E-state index contributed by atoms with van der Waals surface area (Å²) in [5, 5.41) is 2.93. The van der Waals surface area contributed by atoms with Crippen LogP contribution in [0, 0.1) is 5.92 Å². The number of benzene rings is 1. The number of piperidine rings is 1. The molecule has 148 valence electrons. The van der Waals surface area contributed by atoms with E-state index in [0.29, 0.717) is 18.0 Å². The second kappa shape index (κ2) is 9.32. The maximum atomic E-state index is 12.5. The maximum absolute atomic E-state index is 12.5. The lowest BCUT2D eigenvalue weighted by Gasteiger charge is -2.33. The van der Waals surface area contributed by atoms with Crippen molar-refractivity contribution in [3.63, 3.8) is 0 Å². The SMILES string of the molecule is O=C(NCc1ccccn1)c1ccnc(N2CCC(Cc3ccccc3)CC2)c1. The second-order valence-corrected chi connectivity index (χ2v) is 7.53. The Morgan fingerprint density at radius 3 is 2.52 bits per heavy atom. The van der Waals surface area contributed by atoms with Crippen LogP contribution in [0.2, 0.25) is 0 Å². The summed E-state index contributed by atoms with van der Waals surface area (Å²) in [4.78, 5) is 23.6. The highest BCUT2D eigenvalue weighted by molar-refractivity contribution is 5.94. The molecule has 1 aliphatic heterocycles. The lowest BCUT2D eigenvalue weighted by molar-refractivity contribution is 0.0950. The van der Waals surface area contributed by atoms with Crippen LogP contribution in [0.4, 0.5) is 5.82 Å². The fraction of sp³-hybridized carbons (Fsp3) is 0.292. The number of anilines is 1. The van der Waals surface area contributed by atoms with Crippen LogP contribution in [0.25, 0.3) is 0 Å². The molecule has 0 unspecified atom stereocenters. The summed E-state index contributed by atoms with van der Waals surface area (Å²) in [6.45, 7) is 2.37. The summed E-state index contributed by atoms with van der Waals surface area (Å²) in [6, 6.07) is 20.0. The molecule has 5 nitrogen and oxygen atoms in total. The van der Waals surface area contributed by atoms with Gasteiger partial charge in [-0.3, -0.25) is 9.78 Å². The quantitative estimate of drug-likeness (QED) is 0.699. The molecule has 0 spiro atoms. The average Bonchev–Trinajstić information content (AvgIpc) is 2.79. The van der Waals surface area contributed by atoms with E-state index < -0.39 is 0 Å². The molecule has 4 rings (SSSR count). The standard InChI is InChI=1S/C24H26N4O/c29-24(27-18-22-8-4-5-12-25-22)21-9-13-26-23(17-21)28-14-10-20(11-15-28)16-19-6-2-1-3-7-19/h1-9,12-13,17,20H,10-11,14-16,18H2,(H,27,29). The van der Waals surface area contributed by atoms with Gasteiger partial charge >= 0.3 is 0 Å². The highest BCUT2D eigenvalue weighted by Crippen LogP contribution is 2.25. The molecule has 2 aromatic heterocycles. The number of nitrogens with one attached hydrogen (secondary N) is 1. The Kier molecular flexibility index (Phi) is 6.15. The van der Waals surface area contributed by atoms with Gasteiger partial charge in [0.1, 0.15) is 5.82 Å². The van der Waals surface area contributed by atoms with E-state index in [4.69, 9.17) is 0 Å². The Hall–Kier alpha value is -3.21. The van der Waals surface area contributed by atoms with Crippen LogP contribution in [0.15, 0.2) is 73.1 Å². The molecule has 0 radical (unpaired) electrons. The minimum Gasteiger partial charge on any atom is -0.357 e. The van der Waals surface area contributed by atoms with Crippen molar-refractivity contribution in [1.82, 2.24) is 15.3 Å². The van der Waals surface area contributed by atoms with Gasteiger partial charge in [0.05, 0.1) is 12.2 Å². The van der Waals surface area contributed by atoms with Gasteiger partial charge in [-0.15, -0.1) is 0 Å². The van der Waals surface area contributed by atoms with Gasteiger partial charge in [0.15, 0.2) is 0 Å². The first-order valence-electron chi connectivity index (χ1n) is 10.2. The Balaban J connectivity index is 1.32. The van der Waals surface area contributed by atoms with Gasteiger partial charge in [-0.2, -0.15) is 0 Å². The Morgan fingerprint density at radius 1 is 0.966 bits per heavy atom. The third-order valence-electron chi connectivity index (χ3n) is 5.47. The van der Waals surface area contributed by atoms with E-state index in [9.17, 15) is 4.79 Å². The van der Waals surface area contributed by atoms with Crippen LogP contribution < -0.4 is 10.2 Å².